The number of carbonyl (C=O) groups is 3. The second kappa shape index (κ2) is 8.66. The van der Waals surface area contributed by atoms with Crippen molar-refractivity contribution in [3.8, 4) is 0 Å². The number of hydrogen-bond donors (Lipinski definition) is 1. The van der Waals surface area contributed by atoms with E-state index in [-0.39, 0.29) is 30.5 Å². The average molecular weight is 412 g/mol. The van der Waals surface area contributed by atoms with Crippen molar-refractivity contribution in [2.45, 2.75) is 23.9 Å². The lowest BCUT2D eigenvalue weighted by Gasteiger charge is -2.18. The predicted octanol–water partition coefficient (Wildman–Crippen LogP) is 1.54. The molecule has 2 rings (SSSR count). The van der Waals surface area contributed by atoms with Crippen LogP contribution in [0.15, 0.2) is 4.34 Å². The lowest BCUT2D eigenvalue weighted by molar-refractivity contribution is -0.157. The van der Waals surface area contributed by atoms with Gasteiger partial charge in [-0.05, 0) is 6.92 Å². The van der Waals surface area contributed by atoms with Gasteiger partial charge in [-0.15, -0.1) is 10.2 Å². The number of likely N-dealkylation sites (tertiary alicyclic amines) is 1. The second-order valence-electron chi connectivity index (χ2n) is 5.25. The molecule has 1 aliphatic rings. The molecule has 2 heterocycles. The summed E-state index contributed by atoms with van der Waals surface area (Å²) >= 11 is 2.10. The van der Waals surface area contributed by atoms with Gasteiger partial charge in [0, 0.05) is 13.0 Å². The number of rotatable bonds is 7. The zero-order chi connectivity index (χ0) is 19.3. The minimum absolute atomic E-state index is 0.0416. The van der Waals surface area contributed by atoms with Gasteiger partial charge >= 0.3 is 12.1 Å². The Bertz CT molecular complexity index is 683. The first-order valence-corrected chi connectivity index (χ1v) is 9.25. The third-order valence-electron chi connectivity index (χ3n) is 3.21. The molecule has 26 heavy (non-hydrogen) atoms. The Balaban J connectivity index is 1.85. The van der Waals surface area contributed by atoms with Crippen LogP contribution in [0.5, 0.6) is 0 Å². The third-order valence-corrected chi connectivity index (χ3v) is 5.16. The molecule has 0 aliphatic carbocycles. The summed E-state index contributed by atoms with van der Waals surface area (Å²) in [7, 11) is 0. The minimum atomic E-state index is -4.51. The number of carbonyl (C=O) groups excluding carboxylic acids is 3. The monoisotopic (exact) mass is 412 g/mol. The molecule has 0 bridgehead atoms. The van der Waals surface area contributed by atoms with Crippen molar-refractivity contribution in [3.05, 3.63) is 0 Å². The van der Waals surface area contributed by atoms with Gasteiger partial charge in [0.05, 0.1) is 18.3 Å². The lowest BCUT2D eigenvalue weighted by Crippen LogP contribution is -2.36. The second-order valence-corrected chi connectivity index (χ2v) is 7.45. The summed E-state index contributed by atoms with van der Waals surface area (Å²) in [6, 6.07) is 0. The molecule has 0 spiro atoms. The molecule has 1 aromatic heterocycles. The lowest BCUT2D eigenvalue weighted by atomic mass is 10.1. The van der Waals surface area contributed by atoms with E-state index >= 15 is 0 Å². The van der Waals surface area contributed by atoms with Crippen LogP contribution in [0.2, 0.25) is 0 Å². The summed E-state index contributed by atoms with van der Waals surface area (Å²) in [5.74, 6) is -2.57. The predicted molar refractivity (Wildman–Crippen MR) is 86.6 cm³/mol. The Labute approximate surface area is 154 Å². The van der Waals surface area contributed by atoms with Crippen molar-refractivity contribution in [2.24, 2.45) is 5.92 Å². The van der Waals surface area contributed by atoms with E-state index in [0.717, 1.165) is 23.1 Å². The average Bonchev–Trinajstić information content (AvgIpc) is 3.11. The number of nitrogens with zero attached hydrogens (tertiary/aromatic N) is 3. The molecule has 1 fully saturated rings. The smallest absolute Gasteiger partial charge is 0.406 e. The van der Waals surface area contributed by atoms with E-state index in [4.69, 9.17) is 4.74 Å². The fourth-order valence-electron chi connectivity index (χ4n) is 2.17. The molecule has 0 radical (unpaired) electrons. The minimum Gasteiger partial charge on any atom is -0.465 e. The Kier molecular flexibility index (Phi) is 6.81. The molecule has 2 amide bonds. The summed E-state index contributed by atoms with van der Waals surface area (Å²) in [6.45, 7) is 0.281. The Hall–Kier alpha value is -1.89. The van der Waals surface area contributed by atoms with Gasteiger partial charge in [-0.2, -0.15) is 13.2 Å². The van der Waals surface area contributed by atoms with Crippen LogP contribution >= 0.6 is 23.1 Å². The highest BCUT2D eigenvalue weighted by atomic mass is 32.2. The number of alkyl halides is 3. The number of anilines is 1. The molecule has 8 nitrogen and oxygen atoms in total. The highest BCUT2D eigenvalue weighted by molar-refractivity contribution is 8.01. The van der Waals surface area contributed by atoms with Gasteiger partial charge < -0.3 is 15.0 Å². The van der Waals surface area contributed by atoms with Crippen molar-refractivity contribution >= 4 is 46.0 Å². The first-order valence-electron chi connectivity index (χ1n) is 7.45. The Morgan fingerprint density at radius 3 is 2.81 bits per heavy atom. The summed E-state index contributed by atoms with van der Waals surface area (Å²) in [5.41, 5.74) is 0. The maximum atomic E-state index is 12.4. The van der Waals surface area contributed by atoms with Crippen LogP contribution in [-0.2, 0) is 19.1 Å². The number of nitrogens with one attached hydrogen (secondary N) is 1. The zero-order valence-corrected chi connectivity index (χ0v) is 15.2. The molecule has 0 aromatic carbocycles. The van der Waals surface area contributed by atoms with Gasteiger partial charge in [0.1, 0.15) is 6.54 Å². The van der Waals surface area contributed by atoms with Crippen LogP contribution in [0.3, 0.4) is 0 Å². The van der Waals surface area contributed by atoms with Gasteiger partial charge in [0.2, 0.25) is 16.9 Å². The van der Waals surface area contributed by atoms with Crippen LogP contribution in [0.1, 0.15) is 13.3 Å². The first kappa shape index (κ1) is 20.4. The molecular formula is C13H15F3N4O4S2. The van der Waals surface area contributed by atoms with Crippen molar-refractivity contribution in [2.75, 3.05) is 30.8 Å². The summed E-state index contributed by atoms with van der Waals surface area (Å²) < 4.78 is 42.4. The van der Waals surface area contributed by atoms with Gasteiger partial charge in [-0.25, -0.2) is 0 Å². The summed E-state index contributed by atoms with van der Waals surface area (Å²) in [4.78, 5) is 35.6. The van der Waals surface area contributed by atoms with Gasteiger partial charge in [0.15, 0.2) is 4.34 Å². The molecule has 1 unspecified atom stereocenters. The molecule has 13 heteroatoms. The summed E-state index contributed by atoms with van der Waals surface area (Å²) in [6.07, 6.45) is -4.80. The molecule has 1 saturated heterocycles. The van der Waals surface area contributed by atoms with Crippen LogP contribution in [0.4, 0.5) is 18.3 Å². The molecular weight excluding hydrogens is 397 g/mol. The van der Waals surface area contributed by atoms with E-state index in [2.05, 4.69) is 15.5 Å². The third kappa shape index (κ3) is 6.12. The molecule has 1 atom stereocenters. The summed E-state index contributed by atoms with van der Waals surface area (Å²) in [5, 5.41) is 10.1. The number of hydrogen-bond acceptors (Lipinski definition) is 8. The van der Waals surface area contributed by atoms with Gasteiger partial charge in [-0.3, -0.25) is 14.4 Å². The van der Waals surface area contributed by atoms with E-state index in [1.807, 2.05) is 0 Å². The number of thioether (sulfide) groups is 1. The normalized spacial score (nSPS) is 17.5. The van der Waals surface area contributed by atoms with Crippen molar-refractivity contribution in [1.29, 1.82) is 0 Å². The SMILES string of the molecule is CCOC(=O)CSc1nnc(NC(=O)C2CC(=O)N(CC(F)(F)F)C2)s1. The van der Waals surface area contributed by atoms with E-state index in [1.54, 1.807) is 6.92 Å². The Morgan fingerprint density at radius 1 is 1.42 bits per heavy atom. The topological polar surface area (TPSA) is 101 Å². The molecule has 1 N–H and O–H groups in total. The maximum absolute atomic E-state index is 12.4. The van der Waals surface area contributed by atoms with Crippen molar-refractivity contribution in [3.63, 3.8) is 0 Å². The van der Waals surface area contributed by atoms with Crippen LogP contribution in [-0.4, -0.2) is 64.5 Å². The largest absolute Gasteiger partial charge is 0.465 e. The van der Waals surface area contributed by atoms with E-state index in [1.165, 1.54) is 0 Å². The van der Waals surface area contributed by atoms with E-state index in [9.17, 15) is 27.6 Å². The Morgan fingerprint density at radius 2 is 2.15 bits per heavy atom. The quantitative estimate of drug-likeness (QED) is 0.412. The van der Waals surface area contributed by atoms with Gasteiger partial charge in [0.25, 0.3) is 0 Å². The van der Waals surface area contributed by atoms with E-state index in [0.29, 0.717) is 9.24 Å². The highest BCUT2D eigenvalue weighted by Crippen LogP contribution is 2.28. The number of ether oxygens (including phenoxy) is 1. The number of halogens is 3. The highest BCUT2D eigenvalue weighted by Gasteiger charge is 2.40. The standard InChI is InChI=1S/C13H15F3N4O4S2/c1-2-24-9(22)5-25-12-19-18-11(26-12)17-10(23)7-3-8(21)20(4-7)6-13(14,15)16/h7H,2-6H2,1H3,(H,17,18,23). The number of aromatic nitrogens is 2. The zero-order valence-electron chi connectivity index (χ0n) is 13.5. The van der Waals surface area contributed by atoms with Gasteiger partial charge in [-0.1, -0.05) is 23.1 Å². The van der Waals surface area contributed by atoms with Crippen molar-refractivity contribution < 1.29 is 32.3 Å². The van der Waals surface area contributed by atoms with Crippen molar-refractivity contribution in [1.82, 2.24) is 15.1 Å². The molecule has 144 valence electrons. The van der Waals surface area contributed by atoms with E-state index < -0.39 is 36.4 Å². The first-order chi connectivity index (χ1) is 12.2. The fourth-order valence-corrected chi connectivity index (χ4v) is 3.72. The fraction of sp³-hybridized carbons (Fsp3) is 0.615. The van der Waals surface area contributed by atoms with Crippen LogP contribution in [0.25, 0.3) is 0 Å². The molecule has 0 saturated carbocycles. The molecule has 1 aromatic rings. The maximum Gasteiger partial charge on any atom is 0.406 e. The van der Waals surface area contributed by atoms with Crippen LogP contribution < -0.4 is 5.32 Å². The number of amides is 2. The van der Waals surface area contributed by atoms with Crippen LogP contribution in [0, 0.1) is 5.92 Å². The number of esters is 1. The molecule has 1 aliphatic heterocycles.